The first-order chi connectivity index (χ1) is 28.7. The van der Waals surface area contributed by atoms with E-state index in [9.17, 15) is 19.0 Å². The van der Waals surface area contributed by atoms with E-state index in [0.717, 1.165) is 103 Å². The highest BCUT2D eigenvalue weighted by atomic mass is 31.2. The van der Waals surface area contributed by atoms with Crippen LogP contribution in [0.25, 0.3) is 0 Å². The summed E-state index contributed by atoms with van der Waals surface area (Å²) in [5.74, 6) is -1.89. The standard InChI is InChI=1S/C48H76NO9P/c1-3-5-7-9-11-13-15-17-18-19-20-21-22-23-24-25-26-27-29-31-33-35-37-39-41-55-42-45(43-56-59(53,54)57-44-46(49)48(51)52)58-47(50)40-38-36-34-32-30-28-16-14-12-10-8-6-4-2/h5-8,11-14,17-18,20-21,23-24,26-28,30,34,36,45-46H,3-4,9-10,15-16,19,22,25,29,31-33,35,37-44,49H2,1-2H3,(H,51,52)(H,53,54)/b7-5-,8-6-,13-11-,14-12-,18-17-,21-20-,24-23-,27-26-,30-28-,36-34-. The second kappa shape index (κ2) is 42.5. The number of carboxylic acids is 1. The van der Waals surface area contributed by atoms with Crippen molar-refractivity contribution in [3.8, 4) is 0 Å². The molecule has 332 valence electrons. The third kappa shape index (κ3) is 42.3. The second-order valence-electron chi connectivity index (χ2n) is 13.7. The van der Waals surface area contributed by atoms with E-state index in [1.165, 1.54) is 0 Å². The molecular formula is C48H76NO9P. The maximum atomic E-state index is 12.6. The summed E-state index contributed by atoms with van der Waals surface area (Å²) in [6, 6.07) is -1.49. The van der Waals surface area contributed by atoms with Gasteiger partial charge in [-0.1, -0.05) is 155 Å². The van der Waals surface area contributed by atoms with Crippen molar-refractivity contribution in [2.45, 2.75) is 142 Å². The van der Waals surface area contributed by atoms with Crippen molar-refractivity contribution < 1.29 is 42.7 Å². The molecule has 0 aliphatic rings. The minimum atomic E-state index is -4.65. The molecule has 0 heterocycles. The summed E-state index contributed by atoms with van der Waals surface area (Å²) in [7, 11) is -4.65. The van der Waals surface area contributed by atoms with Gasteiger partial charge in [-0.05, 0) is 89.9 Å². The molecule has 0 aliphatic heterocycles. The number of esters is 1. The average molecular weight is 842 g/mol. The monoisotopic (exact) mass is 842 g/mol. The molecule has 4 N–H and O–H groups in total. The number of phosphoric ester groups is 1. The number of carbonyl (C=O) groups excluding carboxylic acids is 1. The first-order valence-electron chi connectivity index (χ1n) is 21.6. The van der Waals surface area contributed by atoms with Gasteiger partial charge in [0.05, 0.1) is 19.8 Å². The van der Waals surface area contributed by atoms with E-state index in [-0.39, 0.29) is 13.0 Å². The predicted octanol–water partition coefficient (Wildman–Crippen LogP) is 12.1. The normalized spacial score (nSPS) is 15.1. The number of carboxylic acid groups (broad SMARTS) is 1. The Hall–Kier alpha value is -3.63. The lowest BCUT2D eigenvalue weighted by Gasteiger charge is -2.20. The molecule has 0 aliphatic carbocycles. The quantitative estimate of drug-likeness (QED) is 0.0236. The van der Waals surface area contributed by atoms with Gasteiger partial charge in [0, 0.05) is 13.0 Å². The third-order valence-corrected chi connectivity index (χ3v) is 9.20. The summed E-state index contributed by atoms with van der Waals surface area (Å²) in [5.41, 5.74) is 5.34. The Balaban J connectivity index is 4.35. The van der Waals surface area contributed by atoms with E-state index in [4.69, 9.17) is 24.8 Å². The van der Waals surface area contributed by atoms with E-state index in [1.807, 2.05) is 12.2 Å². The lowest BCUT2D eigenvalue weighted by atomic mass is 10.1. The summed E-state index contributed by atoms with van der Waals surface area (Å²) in [5, 5.41) is 8.89. The summed E-state index contributed by atoms with van der Waals surface area (Å²) < 4.78 is 33.2. The van der Waals surface area contributed by atoms with Crippen LogP contribution in [0.15, 0.2) is 122 Å². The van der Waals surface area contributed by atoms with Gasteiger partial charge in [0.25, 0.3) is 0 Å². The van der Waals surface area contributed by atoms with Crippen LogP contribution in [0.2, 0.25) is 0 Å². The number of rotatable bonds is 39. The number of hydrogen-bond acceptors (Lipinski definition) is 8. The molecule has 0 bridgehead atoms. The highest BCUT2D eigenvalue weighted by Gasteiger charge is 2.27. The molecule has 0 fully saturated rings. The lowest BCUT2D eigenvalue weighted by Crippen LogP contribution is -2.34. The molecule has 11 heteroatoms. The van der Waals surface area contributed by atoms with Gasteiger partial charge in [0.1, 0.15) is 12.1 Å². The molecule has 0 aromatic heterocycles. The number of phosphoric acid groups is 1. The van der Waals surface area contributed by atoms with Crippen molar-refractivity contribution in [2.75, 3.05) is 26.4 Å². The van der Waals surface area contributed by atoms with Crippen LogP contribution in [0, 0.1) is 0 Å². The Bertz CT molecular complexity index is 1390. The fourth-order valence-electron chi connectivity index (χ4n) is 4.97. The van der Waals surface area contributed by atoms with Crippen LogP contribution in [0.4, 0.5) is 0 Å². The third-order valence-electron chi connectivity index (χ3n) is 8.25. The SMILES string of the molecule is CC/C=C\C/C=C\C/C=C\C/C=C\C/C=C\C/C=C\CCCCCCCOCC(COP(=O)(O)OCC(N)C(=O)O)OC(=O)CC/C=C\C/C=C\C/C=C\C/C=C\CC. The first-order valence-corrected chi connectivity index (χ1v) is 23.1. The van der Waals surface area contributed by atoms with Crippen molar-refractivity contribution in [3.05, 3.63) is 122 Å². The molecule has 0 amide bonds. The van der Waals surface area contributed by atoms with Crippen LogP contribution in [-0.2, 0) is 32.7 Å². The maximum Gasteiger partial charge on any atom is 0.472 e. The molecule has 3 atom stereocenters. The van der Waals surface area contributed by atoms with Gasteiger partial charge in [-0.25, -0.2) is 4.57 Å². The Kier molecular flexibility index (Phi) is 39.9. The van der Waals surface area contributed by atoms with Gasteiger partial charge >= 0.3 is 19.8 Å². The highest BCUT2D eigenvalue weighted by Crippen LogP contribution is 2.43. The van der Waals surface area contributed by atoms with Crippen molar-refractivity contribution in [1.82, 2.24) is 0 Å². The highest BCUT2D eigenvalue weighted by molar-refractivity contribution is 7.47. The number of carbonyl (C=O) groups is 2. The lowest BCUT2D eigenvalue weighted by molar-refractivity contribution is -0.154. The Morgan fingerprint density at radius 1 is 0.542 bits per heavy atom. The van der Waals surface area contributed by atoms with Crippen LogP contribution in [0.1, 0.15) is 129 Å². The average Bonchev–Trinajstić information content (AvgIpc) is 3.21. The summed E-state index contributed by atoms with van der Waals surface area (Å²) in [4.78, 5) is 33.5. The number of ether oxygens (including phenoxy) is 2. The number of hydrogen-bond donors (Lipinski definition) is 3. The molecule has 0 rings (SSSR count). The van der Waals surface area contributed by atoms with Crippen LogP contribution >= 0.6 is 7.82 Å². The number of nitrogens with two attached hydrogens (primary N) is 1. The molecule has 10 nitrogen and oxygen atoms in total. The smallest absolute Gasteiger partial charge is 0.472 e. The molecule has 0 spiro atoms. The van der Waals surface area contributed by atoms with Gasteiger partial charge in [-0.3, -0.25) is 18.6 Å². The molecule has 0 radical (unpaired) electrons. The minimum Gasteiger partial charge on any atom is -0.480 e. The Morgan fingerprint density at radius 3 is 1.39 bits per heavy atom. The van der Waals surface area contributed by atoms with Crippen LogP contribution in [-0.4, -0.2) is 60.5 Å². The van der Waals surface area contributed by atoms with Gasteiger partial charge in [-0.2, -0.15) is 0 Å². The van der Waals surface area contributed by atoms with Gasteiger partial charge < -0.3 is 25.2 Å². The molecule has 59 heavy (non-hydrogen) atoms. The molecule has 0 aromatic rings. The number of allylic oxidation sites excluding steroid dienone is 20. The zero-order valence-electron chi connectivity index (χ0n) is 36.0. The first kappa shape index (κ1) is 55.4. The van der Waals surface area contributed by atoms with E-state index in [2.05, 4.69) is 128 Å². The molecular weight excluding hydrogens is 765 g/mol. The van der Waals surface area contributed by atoms with E-state index < -0.39 is 45.1 Å². The minimum absolute atomic E-state index is 0.0347. The van der Waals surface area contributed by atoms with Crippen molar-refractivity contribution >= 4 is 19.8 Å². The Morgan fingerprint density at radius 2 is 0.932 bits per heavy atom. The summed E-state index contributed by atoms with van der Waals surface area (Å²) >= 11 is 0. The zero-order chi connectivity index (χ0) is 43.3. The summed E-state index contributed by atoms with van der Waals surface area (Å²) in [6.45, 7) is 3.47. The van der Waals surface area contributed by atoms with Crippen molar-refractivity contribution in [1.29, 1.82) is 0 Å². The number of aliphatic carboxylic acids is 1. The zero-order valence-corrected chi connectivity index (χ0v) is 36.9. The topological polar surface area (TPSA) is 155 Å². The van der Waals surface area contributed by atoms with Gasteiger partial charge in [0.2, 0.25) is 0 Å². The van der Waals surface area contributed by atoms with Crippen molar-refractivity contribution in [2.24, 2.45) is 5.73 Å². The van der Waals surface area contributed by atoms with Crippen molar-refractivity contribution in [3.63, 3.8) is 0 Å². The molecule has 0 saturated carbocycles. The predicted molar refractivity (Wildman–Crippen MR) is 244 cm³/mol. The van der Waals surface area contributed by atoms with Gasteiger partial charge in [0.15, 0.2) is 0 Å². The fourth-order valence-corrected chi connectivity index (χ4v) is 5.75. The van der Waals surface area contributed by atoms with E-state index in [0.29, 0.717) is 13.0 Å². The van der Waals surface area contributed by atoms with E-state index in [1.54, 1.807) is 0 Å². The second-order valence-corrected chi connectivity index (χ2v) is 15.2. The number of unbranched alkanes of at least 4 members (excludes halogenated alkanes) is 5. The van der Waals surface area contributed by atoms with Crippen LogP contribution in [0.3, 0.4) is 0 Å². The summed E-state index contributed by atoms with van der Waals surface area (Å²) in [6.07, 6.45) is 58.5. The van der Waals surface area contributed by atoms with E-state index >= 15 is 0 Å². The molecule has 0 saturated heterocycles. The Labute approximate surface area is 356 Å². The van der Waals surface area contributed by atoms with Gasteiger partial charge in [-0.15, -0.1) is 0 Å². The van der Waals surface area contributed by atoms with Crippen LogP contribution in [0.5, 0.6) is 0 Å². The maximum absolute atomic E-state index is 12.6. The van der Waals surface area contributed by atoms with Crippen LogP contribution < -0.4 is 5.73 Å². The fraction of sp³-hybridized carbons (Fsp3) is 0.542. The largest absolute Gasteiger partial charge is 0.480 e. The molecule has 3 unspecified atom stereocenters. The molecule has 0 aromatic carbocycles.